The molecule has 0 bridgehead atoms. The number of rotatable bonds is 9. The molecule has 4 rings (SSSR count). The number of amides is 2. The van der Waals surface area contributed by atoms with Crippen LogP contribution in [0.15, 0.2) is 72.8 Å². The van der Waals surface area contributed by atoms with E-state index in [0.29, 0.717) is 0 Å². The van der Waals surface area contributed by atoms with E-state index in [2.05, 4.69) is 0 Å². The molecule has 3 aromatic carbocycles. The molecule has 0 radical (unpaired) electrons. The number of aromatic hydroxyl groups is 1. The number of hydrogen-bond donors (Lipinski definition) is 1. The molecule has 3 aromatic rings. The number of carbonyl (C=O) groups excluding carboxylic acids is 5. The molecule has 0 saturated carbocycles. The van der Waals surface area contributed by atoms with Crippen molar-refractivity contribution in [3.8, 4) is 16.9 Å². The molecule has 1 heterocycles. The molecular formula is C35H37NO8. The number of ether oxygens (including phenoxy) is 2. The lowest BCUT2D eigenvalue weighted by Crippen LogP contribution is -2.50. The van der Waals surface area contributed by atoms with Gasteiger partial charge in [0, 0.05) is 18.5 Å². The van der Waals surface area contributed by atoms with Crippen LogP contribution in [0.1, 0.15) is 85.5 Å². The SMILES string of the molecule is CC(C)(C)OC(=O)C(CCN1C(=O)c2ccccc2C1=O)(CC(=O)c1ccc(-c2ccc(O)cc2)cc1)C(=O)OC(C)(C)C. The summed E-state index contributed by atoms with van der Waals surface area (Å²) in [5.74, 6) is -3.47. The Kier molecular flexibility index (Phi) is 8.81. The Hall–Kier alpha value is -4.79. The minimum absolute atomic E-state index is 0.127. The molecule has 9 nitrogen and oxygen atoms in total. The number of benzene rings is 3. The van der Waals surface area contributed by atoms with E-state index >= 15 is 0 Å². The number of ketones is 1. The third kappa shape index (κ3) is 7.05. The van der Waals surface area contributed by atoms with E-state index in [0.717, 1.165) is 16.0 Å². The summed E-state index contributed by atoms with van der Waals surface area (Å²) < 4.78 is 11.4. The number of Topliss-reactive ketones (excluding diaryl/α,β-unsaturated/α-hetero) is 1. The van der Waals surface area contributed by atoms with Crippen LogP contribution >= 0.6 is 0 Å². The van der Waals surface area contributed by atoms with Crippen LogP contribution in [0.4, 0.5) is 0 Å². The molecule has 0 fully saturated rings. The summed E-state index contributed by atoms with van der Waals surface area (Å²) in [5, 5.41) is 9.59. The van der Waals surface area contributed by atoms with Gasteiger partial charge in [0.25, 0.3) is 11.8 Å². The first-order chi connectivity index (χ1) is 20.5. The fraction of sp³-hybridized carbons (Fsp3) is 0.343. The zero-order valence-corrected chi connectivity index (χ0v) is 25.8. The maximum Gasteiger partial charge on any atom is 0.324 e. The van der Waals surface area contributed by atoms with Crippen LogP contribution < -0.4 is 0 Å². The molecule has 1 aliphatic heterocycles. The molecule has 44 heavy (non-hydrogen) atoms. The molecule has 2 amide bonds. The van der Waals surface area contributed by atoms with E-state index in [4.69, 9.17) is 9.47 Å². The normalized spacial score (nSPS) is 13.5. The molecule has 1 N–H and O–H groups in total. The lowest BCUT2D eigenvalue weighted by molar-refractivity contribution is -0.186. The van der Waals surface area contributed by atoms with Gasteiger partial charge >= 0.3 is 11.9 Å². The molecule has 9 heteroatoms. The van der Waals surface area contributed by atoms with Crippen molar-refractivity contribution in [2.75, 3.05) is 6.54 Å². The van der Waals surface area contributed by atoms with Crippen molar-refractivity contribution in [2.45, 2.75) is 65.6 Å². The van der Waals surface area contributed by atoms with Crippen molar-refractivity contribution in [3.63, 3.8) is 0 Å². The third-order valence-corrected chi connectivity index (χ3v) is 7.09. The maximum absolute atomic E-state index is 13.9. The average molecular weight is 600 g/mol. The highest BCUT2D eigenvalue weighted by Crippen LogP contribution is 2.37. The molecule has 1 aliphatic rings. The Morgan fingerprint density at radius 1 is 0.682 bits per heavy atom. The summed E-state index contributed by atoms with van der Waals surface area (Å²) in [7, 11) is 0. The van der Waals surface area contributed by atoms with Gasteiger partial charge in [-0.1, -0.05) is 48.5 Å². The van der Waals surface area contributed by atoms with Gasteiger partial charge in [0.2, 0.25) is 0 Å². The number of phenolic OH excluding ortho intramolecular Hbond substituents is 1. The zero-order valence-electron chi connectivity index (χ0n) is 25.8. The monoisotopic (exact) mass is 599 g/mol. The fourth-order valence-electron chi connectivity index (χ4n) is 4.90. The standard InChI is InChI=1S/C35H37NO8/c1-33(2,3)43-31(41)35(32(42)44-34(4,5)6,19-20-36-29(39)26-9-7-8-10-27(26)30(36)40)21-28(38)24-13-11-22(12-14-24)23-15-17-25(37)18-16-23/h7-18,37H,19-21H2,1-6H3. The van der Waals surface area contributed by atoms with Gasteiger partial charge in [0.05, 0.1) is 11.1 Å². The molecular weight excluding hydrogens is 562 g/mol. The summed E-state index contributed by atoms with van der Waals surface area (Å²) in [6.45, 7) is 9.50. The molecule has 0 atom stereocenters. The summed E-state index contributed by atoms with van der Waals surface area (Å²) in [5.41, 5.74) is -1.90. The minimum Gasteiger partial charge on any atom is -0.508 e. The zero-order chi connectivity index (χ0) is 32.4. The number of carbonyl (C=O) groups is 5. The van der Waals surface area contributed by atoms with Gasteiger partial charge in [0.15, 0.2) is 11.2 Å². The van der Waals surface area contributed by atoms with E-state index in [1.54, 1.807) is 102 Å². The molecule has 0 aromatic heterocycles. The van der Waals surface area contributed by atoms with E-state index in [1.807, 2.05) is 0 Å². The second kappa shape index (κ2) is 12.1. The highest BCUT2D eigenvalue weighted by atomic mass is 16.6. The van der Waals surface area contributed by atoms with E-state index in [9.17, 15) is 29.1 Å². The summed E-state index contributed by atoms with van der Waals surface area (Å²) >= 11 is 0. The molecule has 0 saturated heterocycles. The summed E-state index contributed by atoms with van der Waals surface area (Å²) in [4.78, 5) is 68.9. The summed E-state index contributed by atoms with van der Waals surface area (Å²) in [6, 6.07) is 19.6. The van der Waals surface area contributed by atoms with Crippen LogP contribution in [-0.2, 0) is 19.1 Å². The van der Waals surface area contributed by atoms with Gasteiger partial charge in [-0.25, -0.2) is 0 Å². The van der Waals surface area contributed by atoms with Gasteiger partial charge in [0.1, 0.15) is 17.0 Å². The third-order valence-electron chi connectivity index (χ3n) is 7.09. The fourth-order valence-corrected chi connectivity index (χ4v) is 4.90. The summed E-state index contributed by atoms with van der Waals surface area (Å²) in [6.07, 6.45) is -1.00. The lowest BCUT2D eigenvalue weighted by Gasteiger charge is -2.35. The molecule has 0 aliphatic carbocycles. The number of phenols is 1. The van der Waals surface area contributed by atoms with Gasteiger partial charge in [-0.2, -0.15) is 0 Å². The Bertz CT molecular complexity index is 1530. The number of hydrogen-bond acceptors (Lipinski definition) is 8. The Labute approximate surface area is 256 Å². The number of fused-ring (bicyclic) bond motifs is 1. The van der Waals surface area contributed by atoms with Gasteiger partial charge in [-0.15, -0.1) is 0 Å². The van der Waals surface area contributed by atoms with Crippen LogP contribution in [0, 0.1) is 5.41 Å². The number of nitrogens with zero attached hydrogens (tertiary/aromatic N) is 1. The first kappa shape index (κ1) is 32.1. The van der Waals surface area contributed by atoms with Crippen molar-refractivity contribution in [1.82, 2.24) is 4.90 Å². The first-order valence-corrected chi connectivity index (χ1v) is 14.4. The van der Waals surface area contributed by atoms with Crippen molar-refractivity contribution in [3.05, 3.63) is 89.5 Å². The van der Waals surface area contributed by atoms with Gasteiger partial charge < -0.3 is 14.6 Å². The quantitative estimate of drug-likeness (QED) is 0.138. The van der Waals surface area contributed by atoms with Crippen LogP contribution in [-0.4, -0.2) is 57.3 Å². The van der Waals surface area contributed by atoms with E-state index in [1.165, 1.54) is 12.1 Å². The second-order valence-electron chi connectivity index (χ2n) is 12.9. The van der Waals surface area contributed by atoms with Crippen LogP contribution in [0.25, 0.3) is 11.1 Å². The molecule has 0 spiro atoms. The largest absolute Gasteiger partial charge is 0.508 e. The van der Waals surface area contributed by atoms with Crippen LogP contribution in [0.5, 0.6) is 5.75 Å². The number of imide groups is 1. The van der Waals surface area contributed by atoms with Crippen molar-refractivity contribution in [1.29, 1.82) is 0 Å². The van der Waals surface area contributed by atoms with Gasteiger partial charge in [-0.3, -0.25) is 28.9 Å². The lowest BCUT2D eigenvalue weighted by atomic mass is 9.77. The Morgan fingerprint density at radius 3 is 1.55 bits per heavy atom. The number of esters is 2. The Morgan fingerprint density at radius 2 is 1.11 bits per heavy atom. The van der Waals surface area contributed by atoms with Gasteiger partial charge in [-0.05, 0) is 83.4 Å². The van der Waals surface area contributed by atoms with E-state index in [-0.39, 0.29) is 35.4 Å². The van der Waals surface area contributed by atoms with Crippen LogP contribution in [0.3, 0.4) is 0 Å². The predicted molar refractivity (Wildman–Crippen MR) is 163 cm³/mol. The predicted octanol–water partition coefficient (Wildman–Crippen LogP) is 5.99. The molecule has 0 unspecified atom stereocenters. The molecule has 230 valence electrons. The average Bonchev–Trinajstić information content (AvgIpc) is 3.18. The van der Waals surface area contributed by atoms with Crippen LogP contribution in [0.2, 0.25) is 0 Å². The maximum atomic E-state index is 13.9. The van der Waals surface area contributed by atoms with Crippen molar-refractivity contribution >= 4 is 29.5 Å². The smallest absolute Gasteiger partial charge is 0.324 e. The Balaban J connectivity index is 1.70. The highest BCUT2D eigenvalue weighted by molar-refractivity contribution is 6.21. The second-order valence-corrected chi connectivity index (χ2v) is 12.9. The highest BCUT2D eigenvalue weighted by Gasteiger charge is 2.53. The van der Waals surface area contributed by atoms with Crippen molar-refractivity contribution in [2.24, 2.45) is 5.41 Å². The van der Waals surface area contributed by atoms with E-state index < -0.39 is 52.6 Å². The first-order valence-electron chi connectivity index (χ1n) is 14.4. The topological polar surface area (TPSA) is 127 Å². The minimum atomic E-state index is -2.16. The van der Waals surface area contributed by atoms with Crippen molar-refractivity contribution < 1.29 is 38.6 Å².